The lowest BCUT2D eigenvalue weighted by atomic mass is 9.80. The number of hydrazine groups is 1. The van der Waals surface area contributed by atoms with Gasteiger partial charge in [0.1, 0.15) is 6.33 Å². The maximum Gasteiger partial charge on any atom is 0.205 e. The van der Waals surface area contributed by atoms with Crippen molar-refractivity contribution in [1.82, 2.24) is 14.9 Å². The molecular weight excluding hydrogens is 256 g/mol. The van der Waals surface area contributed by atoms with Gasteiger partial charge in [-0.25, -0.2) is 15.8 Å². The molecule has 4 N–H and O–H groups in total. The van der Waals surface area contributed by atoms with E-state index in [4.69, 9.17) is 10.6 Å². The first-order valence-electron chi connectivity index (χ1n) is 6.86. The highest BCUT2D eigenvalue weighted by molar-refractivity contribution is 5.63. The van der Waals surface area contributed by atoms with Crippen molar-refractivity contribution >= 4 is 11.6 Å². The molecular formula is C13H24N6O. The molecule has 0 atom stereocenters. The standard InChI is InChI=1S/C13H24N6O/c1-13(4-6-19(2)7-5-13)8-15-11-10(20-3)12(18-14)17-9-16-11/h9H,4-8,14H2,1-3H3,(H2,15,16,17,18). The van der Waals surface area contributed by atoms with Crippen LogP contribution in [0.4, 0.5) is 11.6 Å². The maximum absolute atomic E-state index is 5.42. The third-order valence-electron chi connectivity index (χ3n) is 4.02. The number of hydrogen-bond donors (Lipinski definition) is 3. The van der Waals surface area contributed by atoms with Crippen LogP contribution < -0.4 is 21.3 Å². The van der Waals surface area contributed by atoms with Gasteiger partial charge in [0, 0.05) is 6.54 Å². The molecule has 1 aromatic rings. The van der Waals surface area contributed by atoms with E-state index < -0.39 is 0 Å². The number of rotatable bonds is 5. The molecule has 0 spiro atoms. The van der Waals surface area contributed by atoms with E-state index in [0.717, 1.165) is 19.6 Å². The zero-order valence-corrected chi connectivity index (χ0v) is 12.4. The molecule has 0 unspecified atom stereocenters. The maximum atomic E-state index is 5.42. The van der Waals surface area contributed by atoms with Crippen LogP contribution in [0.1, 0.15) is 19.8 Å². The Morgan fingerprint density at radius 1 is 1.35 bits per heavy atom. The van der Waals surface area contributed by atoms with Gasteiger partial charge in [-0.3, -0.25) is 0 Å². The molecule has 0 radical (unpaired) electrons. The van der Waals surface area contributed by atoms with Gasteiger partial charge in [0.2, 0.25) is 5.75 Å². The highest BCUT2D eigenvalue weighted by atomic mass is 16.5. The van der Waals surface area contributed by atoms with Crippen molar-refractivity contribution in [2.24, 2.45) is 11.3 Å². The molecule has 1 aromatic heterocycles. The Kier molecular flexibility index (Phi) is 4.61. The number of nitrogens with zero attached hydrogens (tertiary/aromatic N) is 3. The molecule has 1 aliphatic rings. The van der Waals surface area contributed by atoms with Crippen molar-refractivity contribution in [3.05, 3.63) is 6.33 Å². The van der Waals surface area contributed by atoms with Gasteiger partial charge >= 0.3 is 0 Å². The highest BCUT2D eigenvalue weighted by Crippen LogP contribution is 2.33. The highest BCUT2D eigenvalue weighted by Gasteiger charge is 2.29. The van der Waals surface area contributed by atoms with Gasteiger partial charge in [-0.1, -0.05) is 6.92 Å². The summed E-state index contributed by atoms with van der Waals surface area (Å²) >= 11 is 0. The zero-order chi connectivity index (χ0) is 14.6. The van der Waals surface area contributed by atoms with Crippen LogP contribution in [0, 0.1) is 5.41 Å². The smallest absolute Gasteiger partial charge is 0.205 e. The van der Waals surface area contributed by atoms with Crippen molar-refractivity contribution in [3.63, 3.8) is 0 Å². The van der Waals surface area contributed by atoms with E-state index in [-0.39, 0.29) is 5.41 Å². The second-order valence-electron chi connectivity index (χ2n) is 5.72. The summed E-state index contributed by atoms with van der Waals surface area (Å²) in [6, 6.07) is 0. The Balaban J connectivity index is 2.03. The zero-order valence-electron chi connectivity index (χ0n) is 12.4. The van der Waals surface area contributed by atoms with Crippen LogP contribution in [0.15, 0.2) is 6.33 Å². The van der Waals surface area contributed by atoms with Crippen LogP contribution in [0.2, 0.25) is 0 Å². The average molecular weight is 280 g/mol. The van der Waals surface area contributed by atoms with Crippen molar-refractivity contribution in [2.75, 3.05) is 44.5 Å². The summed E-state index contributed by atoms with van der Waals surface area (Å²) in [5, 5.41) is 3.37. The largest absolute Gasteiger partial charge is 0.490 e. The van der Waals surface area contributed by atoms with Gasteiger partial charge in [-0.15, -0.1) is 0 Å². The number of nitrogen functional groups attached to an aromatic ring is 1. The molecule has 1 saturated heterocycles. The minimum Gasteiger partial charge on any atom is -0.490 e. The molecule has 7 heteroatoms. The summed E-state index contributed by atoms with van der Waals surface area (Å²) in [5.41, 5.74) is 2.79. The molecule has 7 nitrogen and oxygen atoms in total. The third-order valence-corrected chi connectivity index (χ3v) is 4.02. The number of aromatic nitrogens is 2. The van der Waals surface area contributed by atoms with E-state index in [1.807, 2.05) is 0 Å². The number of anilines is 2. The summed E-state index contributed by atoms with van der Waals surface area (Å²) in [4.78, 5) is 10.6. The number of likely N-dealkylation sites (tertiary alicyclic amines) is 1. The van der Waals surface area contributed by atoms with Crippen LogP contribution in [0.3, 0.4) is 0 Å². The minimum absolute atomic E-state index is 0.277. The molecule has 0 aliphatic carbocycles. The Morgan fingerprint density at radius 3 is 2.60 bits per heavy atom. The van der Waals surface area contributed by atoms with Gasteiger partial charge < -0.3 is 20.4 Å². The van der Waals surface area contributed by atoms with Gasteiger partial charge in [-0.05, 0) is 38.4 Å². The number of nitrogens with one attached hydrogen (secondary N) is 2. The minimum atomic E-state index is 0.277. The molecule has 0 bridgehead atoms. The van der Waals surface area contributed by atoms with Gasteiger partial charge in [-0.2, -0.15) is 0 Å². The summed E-state index contributed by atoms with van der Waals surface area (Å²) in [6.07, 6.45) is 3.81. The molecule has 0 aromatic carbocycles. The lowest BCUT2D eigenvalue weighted by Gasteiger charge is -2.38. The van der Waals surface area contributed by atoms with E-state index in [0.29, 0.717) is 17.4 Å². The van der Waals surface area contributed by atoms with Gasteiger partial charge in [0.05, 0.1) is 7.11 Å². The molecule has 1 aliphatic heterocycles. The SMILES string of the molecule is COc1c(NN)ncnc1NCC1(C)CCN(C)CC1. The van der Waals surface area contributed by atoms with Crippen LogP contribution in [-0.2, 0) is 0 Å². The second-order valence-corrected chi connectivity index (χ2v) is 5.72. The third kappa shape index (κ3) is 3.29. The van der Waals surface area contributed by atoms with E-state index in [2.05, 4.69) is 39.6 Å². The molecule has 0 amide bonds. The fourth-order valence-electron chi connectivity index (χ4n) is 2.43. The summed E-state index contributed by atoms with van der Waals surface area (Å²) in [5.74, 6) is 7.13. The predicted octanol–water partition coefficient (Wildman–Crippen LogP) is 0.915. The number of methoxy groups -OCH3 is 1. The van der Waals surface area contributed by atoms with Crippen LogP contribution in [-0.4, -0.2) is 48.7 Å². The van der Waals surface area contributed by atoms with E-state index in [1.54, 1.807) is 7.11 Å². The molecule has 2 heterocycles. The van der Waals surface area contributed by atoms with Crippen molar-refractivity contribution in [3.8, 4) is 5.75 Å². The normalized spacial score (nSPS) is 18.6. The average Bonchev–Trinajstić information content (AvgIpc) is 2.48. The number of piperidine rings is 1. The van der Waals surface area contributed by atoms with Crippen LogP contribution in [0.5, 0.6) is 5.75 Å². The topological polar surface area (TPSA) is 88.3 Å². The van der Waals surface area contributed by atoms with E-state index >= 15 is 0 Å². The van der Waals surface area contributed by atoms with E-state index in [1.165, 1.54) is 19.2 Å². The quantitative estimate of drug-likeness (QED) is 0.546. The molecule has 2 rings (SSSR count). The van der Waals surface area contributed by atoms with Crippen molar-refractivity contribution < 1.29 is 4.74 Å². The first-order valence-corrected chi connectivity index (χ1v) is 6.86. The Hall–Kier alpha value is -1.60. The number of nitrogens with two attached hydrogens (primary N) is 1. The van der Waals surface area contributed by atoms with Crippen molar-refractivity contribution in [1.29, 1.82) is 0 Å². The molecule has 0 saturated carbocycles. The number of hydrogen-bond acceptors (Lipinski definition) is 7. The Morgan fingerprint density at radius 2 is 2.00 bits per heavy atom. The van der Waals surface area contributed by atoms with Crippen LogP contribution >= 0.6 is 0 Å². The lowest BCUT2D eigenvalue weighted by Crippen LogP contribution is -2.40. The first-order chi connectivity index (χ1) is 9.58. The first kappa shape index (κ1) is 14.8. The predicted molar refractivity (Wildman–Crippen MR) is 79.7 cm³/mol. The summed E-state index contributed by atoms with van der Waals surface area (Å²) in [7, 11) is 3.75. The Labute approximate surface area is 119 Å². The lowest BCUT2D eigenvalue weighted by molar-refractivity contribution is 0.150. The monoisotopic (exact) mass is 280 g/mol. The number of ether oxygens (including phenoxy) is 1. The fourth-order valence-corrected chi connectivity index (χ4v) is 2.43. The summed E-state index contributed by atoms with van der Waals surface area (Å²) < 4.78 is 5.32. The fraction of sp³-hybridized carbons (Fsp3) is 0.692. The van der Waals surface area contributed by atoms with Crippen LogP contribution in [0.25, 0.3) is 0 Å². The van der Waals surface area contributed by atoms with Gasteiger partial charge in [0.25, 0.3) is 0 Å². The molecule has 1 fully saturated rings. The summed E-state index contributed by atoms with van der Waals surface area (Å²) in [6.45, 7) is 5.43. The van der Waals surface area contributed by atoms with E-state index in [9.17, 15) is 0 Å². The Bertz CT molecular complexity index is 444. The van der Waals surface area contributed by atoms with Gasteiger partial charge in [0.15, 0.2) is 11.6 Å². The second kappa shape index (κ2) is 6.23. The molecule has 20 heavy (non-hydrogen) atoms. The molecule has 112 valence electrons. The van der Waals surface area contributed by atoms with Crippen molar-refractivity contribution in [2.45, 2.75) is 19.8 Å².